The molecule has 13 aromatic rings. The third-order valence-electron chi connectivity index (χ3n) is 15.0. The lowest BCUT2D eigenvalue weighted by Crippen LogP contribution is -2.32. The number of aromatic nitrogens is 4. The fraction of sp³-hybridized carbons (Fsp3) is 0.154. The molecule has 5 heteroatoms. The van der Waals surface area contributed by atoms with Crippen molar-refractivity contribution in [3.8, 4) is 84.3 Å². The second-order valence-electron chi connectivity index (χ2n) is 23.8. The van der Waals surface area contributed by atoms with Gasteiger partial charge >= 0.3 is 0 Å². The van der Waals surface area contributed by atoms with Gasteiger partial charge in [0.15, 0.2) is 0 Å². The summed E-state index contributed by atoms with van der Waals surface area (Å²) in [7, 11) is 0. The zero-order chi connectivity index (χ0) is 72.9. The van der Waals surface area contributed by atoms with Crippen LogP contribution >= 0.6 is 0 Å². The van der Waals surface area contributed by atoms with Gasteiger partial charge < -0.3 is 4.74 Å². The predicted molar refractivity (Wildman–Crippen MR) is 346 cm³/mol. The fourth-order valence-corrected chi connectivity index (χ4v) is 10.6. The largest absolute Gasteiger partial charge is 0.458 e. The highest BCUT2D eigenvalue weighted by atomic mass is 16.5. The molecule has 10 aromatic carbocycles. The lowest BCUT2D eigenvalue weighted by molar-refractivity contribution is -0.571. The summed E-state index contributed by atoms with van der Waals surface area (Å²) in [5.41, 5.74) is 2.42. The monoisotopic (exact) mass is 1090 g/mol. The smallest absolute Gasteiger partial charge is 0.269 e. The highest BCUT2D eigenvalue weighted by Crippen LogP contribution is 2.43. The van der Waals surface area contributed by atoms with Crippen LogP contribution in [0.1, 0.15) is 104 Å². The van der Waals surface area contributed by atoms with Gasteiger partial charge in [-0.25, -0.2) is 4.98 Å². The molecule has 83 heavy (non-hydrogen) atoms. The van der Waals surface area contributed by atoms with E-state index in [-0.39, 0.29) is 33.2 Å². The first-order valence-corrected chi connectivity index (χ1v) is 27.5. The Labute approximate surface area is 513 Å². The number of nitrogens with zero attached hydrogens (tertiary/aromatic N) is 4. The Hall–Kier alpha value is -9.58. The first-order valence-electron chi connectivity index (χ1n) is 36.5. The Morgan fingerprint density at radius 3 is 1.66 bits per heavy atom. The van der Waals surface area contributed by atoms with Gasteiger partial charge in [0.05, 0.1) is 58.1 Å². The van der Waals surface area contributed by atoms with Crippen molar-refractivity contribution in [2.75, 3.05) is 0 Å². The molecule has 3 aromatic heterocycles. The summed E-state index contributed by atoms with van der Waals surface area (Å²) in [4.78, 5) is 4.88. The maximum Gasteiger partial charge on any atom is 0.269 e. The van der Waals surface area contributed by atoms with Crippen LogP contribution in [0.4, 0.5) is 0 Å². The van der Waals surface area contributed by atoms with Gasteiger partial charge in [0.25, 0.3) is 6.33 Å². The van der Waals surface area contributed by atoms with E-state index in [2.05, 4.69) is 82.8 Å². The van der Waals surface area contributed by atoms with E-state index in [4.69, 9.17) is 22.1 Å². The van der Waals surface area contributed by atoms with E-state index in [1.165, 1.54) is 0 Å². The molecule has 0 saturated carbocycles. The van der Waals surface area contributed by atoms with Crippen LogP contribution < -0.4 is 9.30 Å². The summed E-state index contributed by atoms with van der Waals surface area (Å²) in [6, 6.07) is 28.5. The summed E-state index contributed by atoms with van der Waals surface area (Å²) in [5.74, 6) is 1.63. The number of para-hydroxylation sites is 1. The maximum atomic E-state index is 10.5. The molecule has 0 aliphatic carbocycles. The van der Waals surface area contributed by atoms with Gasteiger partial charge in [0.2, 0.25) is 0 Å². The number of fused-ring (bicyclic) bond motifs is 4. The molecular weight excluding hydrogens is 1010 g/mol. The summed E-state index contributed by atoms with van der Waals surface area (Å²) in [6.45, 7) is 18.4. The topological polar surface area (TPSA) is 35.9 Å². The van der Waals surface area contributed by atoms with Crippen LogP contribution in [-0.2, 0) is 16.2 Å². The number of rotatable bonds is 10. The first kappa shape index (κ1) is 36.0. The van der Waals surface area contributed by atoms with Gasteiger partial charge in [-0.05, 0) is 161 Å². The molecule has 0 fully saturated rings. The molecule has 0 bridgehead atoms. The molecule has 0 aliphatic rings. The standard InChI is InChI=1S/C78H68N4O/c1-76(2,3)60-35-32-54(33-36-60)56-34-39-71-73(45-56)80(63-28-21-29-64(49-63)83-65-37-38-67-66-30-19-20-31-70(66)82(72(67)50-65)74-48-61(40-41-79-74)77(4,5)6)51-81(71)75-68(55-26-17-12-18-27-55)46-62(78(7,8)9)47-69(75)59-43-57(52-22-13-10-14-23-52)42-58(44-59)53-24-15-11-16-25-53/h10-50H,1-9H3/i10D,11D,12D,13D,14D,15D,16D,17D,18D,22D,23D,24D,25D,26D,27D,42D,43D,44D. The number of ether oxygens (including phenoxy) is 1. The van der Waals surface area contributed by atoms with Crippen molar-refractivity contribution in [1.82, 2.24) is 14.1 Å². The van der Waals surface area contributed by atoms with Crippen molar-refractivity contribution in [2.45, 2.75) is 78.6 Å². The average Bonchev–Trinajstić information content (AvgIpc) is 1.71. The lowest BCUT2D eigenvalue weighted by Gasteiger charge is -2.26. The van der Waals surface area contributed by atoms with Crippen molar-refractivity contribution in [3.63, 3.8) is 0 Å². The van der Waals surface area contributed by atoms with Gasteiger partial charge in [0, 0.05) is 23.0 Å². The molecule has 0 aliphatic heterocycles. The molecule has 406 valence electrons. The van der Waals surface area contributed by atoms with E-state index in [9.17, 15) is 12.3 Å². The molecule has 0 unspecified atom stereocenters. The van der Waals surface area contributed by atoms with Gasteiger partial charge in [0.1, 0.15) is 17.3 Å². The zero-order valence-corrected chi connectivity index (χ0v) is 47.5. The van der Waals surface area contributed by atoms with Crippen molar-refractivity contribution in [2.24, 2.45) is 0 Å². The molecular formula is C78H68N4O. The summed E-state index contributed by atoms with van der Waals surface area (Å²) in [5, 5.41) is 2.00. The van der Waals surface area contributed by atoms with Crippen LogP contribution in [0, 0.1) is 6.33 Å². The minimum atomic E-state index is -0.920. The van der Waals surface area contributed by atoms with Crippen molar-refractivity contribution >= 4 is 32.8 Å². The van der Waals surface area contributed by atoms with E-state index in [1.807, 2.05) is 112 Å². The van der Waals surface area contributed by atoms with E-state index < -0.39 is 142 Å². The summed E-state index contributed by atoms with van der Waals surface area (Å²) >= 11 is 0. The molecule has 5 nitrogen and oxygen atoms in total. The van der Waals surface area contributed by atoms with E-state index in [0.29, 0.717) is 33.8 Å². The normalized spacial score (nSPS) is 15.2. The zero-order valence-electron chi connectivity index (χ0n) is 65.5. The van der Waals surface area contributed by atoms with E-state index in [0.717, 1.165) is 49.9 Å². The molecule has 0 saturated heterocycles. The Kier molecular flexibility index (Phi) is 9.00. The summed E-state index contributed by atoms with van der Waals surface area (Å²) < 4.78 is 180. The SMILES string of the molecule is [2H]c1c([2H])c([2H])c(-c2cc(C(C)(C)C)cc(-c3c([2H])c(-c4c([2H])c([2H])c([2H])c([2H])c4[2H])c([2H])c(-c4c([2H])c([2H])c([2H])c([2H])c4[2H])c3[2H])c2-[n+]2[c-]n(-c3cccc(Oc4ccc5c6ccccc6n(-c6cc(C(C)(C)C)ccn6)c5c4)c3)c3cc(-c4ccc(C(C)(C)C)cc4)ccc32)c([2H])c1[2H]. The van der Waals surface area contributed by atoms with Crippen LogP contribution in [0.5, 0.6) is 11.5 Å². The van der Waals surface area contributed by atoms with E-state index >= 15 is 0 Å². The number of pyridine rings is 1. The van der Waals surface area contributed by atoms with Crippen molar-refractivity contribution in [3.05, 3.63) is 271 Å². The molecule has 0 amide bonds. The minimum absolute atomic E-state index is 0.0424. The van der Waals surface area contributed by atoms with Crippen LogP contribution in [0.2, 0.25) is 0 Å². The third kappa shape index (κ3) is 10.2. The second kappa shape index (κ2) is 20.8. The fourth-order valence-electron chi connectivity index (χ4n) is 10.6. The number of benzene rings is 10. The van der Waals surface area contributed by atoms with E-state index in [1.54, 1.807) is 27.3 Å². The highest BCUT2D eigenvalue weighted by molar-refractivity contribution is 6.09. The van der Waals surface area contributed by atoms with Crippen LogP contribution in [0.3, 0.4) is 0 Å². The summed E-state index contributed by atoms with van der Waals surface area (Å²) in [6.07, 6.45) is 5.40. The quantitative estimate of drug-likeness (QED) is 0.101. The van der Waals surface area contributed by atoms with Gasteiger partial charge in [-0.1, -0.05) is 226 Å². The molecule has 3 heterocycles. The van der Waals surface area contributed by atoms with Gasteiger partial charge in [-0.3, -0.25) is 13.7 Å². The van der Waals surface area contributed by atoms with Gasteiger partial charge in [-0.15, -0.1) is 0 Å². The number of hydrogen-bond acceptors (Lipinski definition) is 2. The van der Waals surface area contributed by atoms with Crippen LogP contribution in [0.25, 0.3) is 106 Å². The second-order valence-corrected chi connectivity index (χ2v) is 23.8. The number of imidazole rings is 1. The minimum Gasteiger partial charge on any atom is -0.458 e. The molecule has 0 spiro atoms. The maximum absolute atomic E-state index is 10.5. The first-order chi connectivity index (χ1) is 47.5. The van der Waals surface area contributed by atoms with Gasteiger partial charge in [-0.2, -0.15) is 0 Å². The molecule has 0 atom stereocenters. The Balaban J connectivity index is 1.15. The number of hydrogen-bond donors (Lipinski definition) is 0. The molecule has 0 radical (unpaired) electrons. The average molecular weight is 1100 g/mol. The Bertz CT molecular complexity index is 5500. The van der Waals surface area contributed by atoms with Crippen molar-refractivity contribution < 1.29 is 34.0 Å². The Morgan fingerprint density at radius 2 is 1.01 bits per heavy atom. The lowest BCUT2D eigenvalue weighted by atomic mass is 9.81. The third-order valence-corrected chi connectivity index (χ3v) is 15.0. The molecule has 0 N–H and O–H groups in total. The Morgan fingerprint density at radius 1 is 0.434 bits per heavy atom. The van der Waals surface area contributed by atoms with Crippen LogP contribution in [0.15, 0.2) is 248 Å². The molecule has 13 rings (SSSR count). The highest BCUT2D eigenvalue weighted by Gasteiger charge is 2.26. The predicted octanol–water partition coefficient (Wildman–Crippen LogP) is 20.2. The van der Waals surface area contributed by atoms with Crippen molar-refractivity contribution in [1.29, 1.82) is 0 Å². The van der Waals surface area contributed by atoms with Crippen LogP contribution in [-0.4, -0.2) is 14.1 Å².